The molecule has 0 heterocycles. The molecule has 1 amide bonds. The molecule has 22 heavy (non-hydrogen) atoms. The molecule has 0 saturated carbocycles. The van der Waals surface area contributed by atoms with Gasteiger partial charge < -0.3 is 10.1 Å². The summed E-state index contributed by atoms with van der Waals surface area (Å²) >= 11 is 0. The summed E-state index contributed by atoms with van der Waals surface area (Å²) in [4.78, 5) is 22.7. The zero-order valence-electron chi connectivity index (χ0n) is 11.9. The first-order valence-corrected chi connectivity index (χ1v) is 6.65. The van der Waals surface area contributed by atoms with Crippen molar-refractivity contribution in [3.8, 4) is 0 Å². The van der Waals surface area contributed by atoms with Gasteiger partial charge in [-0.3, -0.25) is 9.59 Å². The lowest BCUT2D eigenvalue weighted by atomic mass is 9.99. The molecule has 2 aromatic rings. The van der Waals surface area contributed by atoms with Gasteiger partial charge in [0.25, 0.3) is 5.91 Å². The number of hydrogen-bond donors (Lipinski definition) is 1. The van der Waals surface area contributed by atoms with Crippen LogP contribution in [-0.4, -0.2) is 25.4 Å². The van der Waals surface area contributed by atoms with Crippen molar-refractivity contribution in [3.63, 3.8) is 0 Å². The molecule has 0 spiro atoms. The Kier molecular flexibility index (Phi) is 5.04. The number of benzene rings is 2. The van der Waals surface area contributed by atoms with Gasteiger partial charge in [-0.2, -0.15) is 8.78 Å². The van der Waals surface area contributed by atoms with Gasteiger partial charge in [0, 0.05) is 0 Å². The van der Waals surface area contributed by atoms with E-state index >= 15 is 0 Å². The van der Waals surface area contributed by atoms with Gasteiger partial charge in [-0.05, 0) is 22.4 Å². The van der Waals surface area contributed by atoms with Gasteiger partial charge in [-0.25, -0.2) is 0 Å². The number of carbonyl (C=O) groups excluding carboxylic acids is 2. The minimum atomic E-state index is -3.14. The van der Waals surface area contributed by atoms with Crippen LogP contribution in [0.25, 0.3) is 10.8 Å². The van der Waals surface area contributed by atoms with E-state index in [1.807, 2.05) is 30.3 Å². The molecule has 2 aromatic carbocycles. The number of halogens is 2. The molecule has 0 aliphatic carbocycles. The molecule has 0 saturated heterocycles. The second-order valence-corrected chi connectivity index (χ2v) is 4.75. The smallest absolute Gasteiger partial charge is 0.315 e. The summed E-state index contributed by atoms with van der Waals surface area (Å²) in [6.45, 7) is 0. The fraction of sp³-hybridized carbons (Fsp3) is 0.250. The third-order valence-electron chi connectivity index (χ3n) is 3.29. The zero-order valence-corrected chi connectivity index (χ0v) is 11.9. The largest absolute Gasteiger partial charge is 0.469 e. The van der Waals surface area contributed by atoms with Crippen molar-refractivity contribution >= 4 is 22.6 Å². The van der Waals surface area contributed by atoms with E-state index in [0.717, 1.165) is 10.8 Å². The Labute approximate surface area is 126 Å². The molecule has 0 bridgehead atoms. The summed E-state index contributed by atoms with van der Waals surface area (Å²) in [7, 11) is 1.20. The average Bonchev–Trinajstić information content (AvgIpc) is 2.53. The summed E-state index contributed by atoms with van der Waals surface area (Å²) in [5.41, 5.74) is 0.568. The van der Waals surface area contributed by atoms with Gasteiger partial charge in [0.1, 0.15) is 0 Å². The van der Waals surface area contributed by atoms with Crippen molar-refractivity contribution in [2.75, 3.05) is 7.11 Å². The molecule has 4 nitrogen and oxygen atoms in total. The molecular formula is C16H15F2NO3. The van der Waals surface area contributed by atoms with Crippen molar-refractivity contribution in [1.82, 2.24) is 5.32 Å². The maximum Gasteiger partial charge on any atom is 0.315 e. The van der Waals surface area contributed by atoms with Crippen LogP contribution in [0.4, 0.5) is 8.78 Å². The number of methoxy groups -OCH3 is 1. The van der Waals surface area contributed by atoms with Crippen LogP contribution in [0.2, 0.25) is 0 Å². The standard InChI is InChI=1S/C16H15F2NO3/c1-22-14(20)9-13(19-16(21)15(17)18)12-7-6-10-4-2-3-5-11(10)8-12/h2-8,13,15H,9H2,1H3,(H,19,21). The van der Waals surface area contributed by atoms with E-state index in [0.29, 0.717) is 5.56 Å². The second-order valence-electron chi connectivity index (χ2n) is 4.75. The van der Waals surface area contributed by atoms with E-state index in [9.17, 15) is 18.4 Å². The Balaban J connectivity index is 2.32. The first-order valence-electron chi connectivity index (χ1n) is 6.65. The first kappa shape index (κ1) is 15.9. The van der Waals surface area contributed by atoms with E-state index in [4.69, 9.17) is 0 Å². The maximum absolute atomic E-state index is 12.4. The Morgan fingerprint density at radius 1 is 1.14 bits per heavy atom. The third kappa shape index (κ3) is 3.78. The minimum Gasteiger partial charge on any atom is -0.469 e. The van der Waals surface area contributed by atoms with E-state index in [-0.39, 0.29) is 6.42 Å². The number of carbonyl (C=O) groups is 2. The fourth-order valence-corrected chi connectivity index (χ4v) is 2.16. The number of rotatable bonds is 5. The Hall–Kier alpha value is -2.50. The van der Waals surface area contributed by atoms with Crippen molar-refractivity contribution in [2.45, 2.75) is 18.9 Å². The molecule has 0 radical (unpaired) electrons. The van der Waals surface area contributed by atoms with Gasteiger partial charge in [0.2, 0.25) is 0 Å². The number of amides is 1. The lowest BCUT2D eigenvalue weighted by molar-refractivity contribution is -0.141. The first-order chi connectivity index (χ1) is 10.5. The molecule has 116 valence electrons. The van der Waals surface area contributed by atoms with Crippen LogP contribution in [0.3, 0.4) is 0 Å². The predicted molar refractivity (Wildman–Crippen MR) is 77.5 cm³/mol. The third-order valence-corrected chi connectivity index (χ3v) is 3.29. The van der Waals surface area contributed by atoms with Crippen molar-refractivity contribution in [2.24, 2.45) is 0 Å². The second kappa shape index (κ2) is 6.98. The number of nitrogens with one attached hydrogen (secondary N) is 1. The Morgan fingerprint density at radius 3 is 2.45 bits per heavy atom. The summed E-state index contributed by atoms with van der Waals surface area (Å²) in [6, 6.07) is 11.9. The van der Waals surface area contributed by atoms with Crippen LogP contribution in [0.1, 0.15) is 18.0 Å². The summed E-state index contributed by atoms with van der Waals surface area (Å²) in [5.74, 6) is -2.00. The maximum atomic E-state index is 12.4. The molecule has 0 fully saturated rings. The van der Waals surface area contributed by atoms with E-state index < -0.39 is 24.3 Å². The van der Waals surface area contributed by atoms with E-state index in [1.54, 1.807) is 12.1 Å². The Morgan fingerprint density at radius 2 is 1.82 bits per heavy atom. The van der Waals surface area contributed by atoms with Gasteiger partial charge >= 0.3 is 12.4 Å². The number of alkyl halides is 2. The molecule has 1 atom stereocenters. The van der Waals surface area contributed by atoms with Crippen molar-refractivity contribution < 1.29 is 23.1 Å². The lowest BCUT2D eigenvalue weighted by Crippen LogP contribution is -2.34. The van der Waals surface area contributed by atoms with Gasteiger partial charge in [0.05, 0.1) is 19.6 Å². The number of fused-ring (bicyclic) bond motifs is 1. The molecule has 0 aromatic heterocycles. The highest BCUT2D eigenvalue weighted by atomic mass is 19.3. The van der Waals surface area contributed by atoms with Gasteiger partial charge in [-0.1, -0.05) is 36.4 Å². The van der Waals surface area contributed by atoms with Crippen LogP contribution in [0.15, 0.2) is 42.5 Å². The molecule has 2 rings (SSSR count). The van der Waals surface area contributed by atoms with Crippen LogP contribution < -0.4 is 5.32 Å². The SMILES string of the molecule is COC(=O)CC(NC(=O)C(F)F)c1ccc2ccccc2c1. The number of hydrogen-bond acceptors (Lipinski definition) is 3. The number of esters is 1. The highest BCUT2D eigenvalue weighted by Crippen LogP contribution is 2.23. The lowest BCUT2D eigenvalue weighted by Gasteiger charge is -2.18. The van der Waals surface area contributed by atoms with Crippen LogP contribution in [0, 0.1) is 0 Å². The summed E-state index contributed by atoms with van der Waals surface area (Å²) < 4.78 is 29.5. The quantitative estimate of drug-likeness (QED) is 0.864. The van der Waals surface area contributed by atoms with Gasteiger partial charge in [0.15, 0.2) is 0 Å². The summed E-state index contributed by atoms with van der Waals surface area (Å²) in [5, 5.41) is 4.04. The molecule has 0 aliphatic heterocycles. The monoisotopic (exact) mass is 307 g/mol. The van der Waals surface area contributed by atoms with E-state index in [1.165, 1.54) is 7.11 Å². The van der Waals surface area contributed by atoms with Crippen LogP contribution >= 0.6 is 0 Å². The predicted octanol–water partition coefficient (Wildman–Crippen LogP) is 2.83. The van der Waals surface area contributed by atoms with Gasteiger partial charge in [-0.15, -0.1) is 0 Å². The fourth-order valence-electron chi connectivity index (χ4n) is 2.16. The van der Waals surface area contributed by atoms with Crippen molar-refractivity contribution in [1.29, 1.82) is 0 Å². The normalized spacial score (nSPS) is 12.2. The number of ether oxygens (including phenoxy) is 1. The molecule has 1 N–H and O–H groups in total. The highest BCUT2D eigenvalue weighted by Gasteiger charge is 2.23. The molecular weight excluding hydrogens is 292 g/mol. The average molecular weight is 307 g/mol. The van der Waals surface area contributed by atoms with Crippen LogP contribution in [0.5, 0.6) is 0 Å². The molecule has 0 aliphatic rings. The van der Waals surface area contributed by atoms with E-state index in [2.05, 4.69) is 10.1 Å². The minimum absolute atomic E-state index is 0.215. The van der Waals surface area contributed by atoms with Crippen molar-refractivity contribution in [3.05, 3.63) is 48.0 Å². The topological polar surface area (TPSA) is 55.4 Å². The summed E-state index contributed by atoms with van der Waals surface area (Å²) in [6.07, 6.45) is -3.35. The zero-order chi connectivity index (χ0) is 16.1. The highest BCUT2D eigenvalue weighted by molar-refractivity contribution is 5.84. The molecule has 1 unspecified atom stereocenters. The molecule has 6 heteroatoms. The Bertz CT molecular complexity index is 688. The van der Waals surface area contributed by atoms with Crippen LogP contribution in [-0.2, 0) is 14.3 Å².